The van der Waals surface area contributed by atoms with E-state index in [1.165, 1.54) is 11.6 Å². The van der Waals surface area contributed by atoms with Crippen LogP contribution >= 0.6 is 0 Å². The van der Waals surface area contributed by atoms with Crippen molar-refractivity contribution >= 4 is 23.0 Å². The van der Waals surface area contributed by atoms with Crippen LogP contribution in [-0.4, -0.2) is 45.2 Å². The van der Waals surface area contributed by atoms with E-state index in [1.54, 1.807) is 11.6 Å². The van der Waals surface area contributed by atoms with Crippen LogP contribution in [0.25, 0.3) is 17.1 Å². The van der Waals surface area contributed by atoms with Gasteiger partial charge < -0.3 is 9.47 Å². The van der Waals surface area contributed by atoms with Gasteiger partial charge in [0, 0.05) is 25.6 Å². The summed E-state index contributed by atoms with van der Waals surface area (Å²) in [5.74, 6) is 0.567. The molecule has 0 saturated heterocycles. The fourth-order valence-electron chi connectivity index (χ4n) is 3.86. The number of aromatic nitrogens is 2. The van der Waals surface area contributed by atoms with E-state index >= 15 is 0 Å². The minimum atomic E-state index is -0.546. The fraction of sp³-hybridized carbons (Fsp3) is 0.417. The molecule has 0 radical (unpaired) electrons. The first-order chi connectivity index (χ1) is 14.6. The predicted octanol–water partition coefficient (Wildman–Crippen LogP) is 4.11. The normalized spacial score (nSPS) is 14.1. The van der Waals surface area contributed by atoms with Crippen molar-refractivity contribution in [3.63, 3.8) is 0 Å². The van der Waals surface area contributed by atoms with E-state index in [2.05, 4.69) is 47.6 Å². The molecule has 1 aliphatic rings. The predicted molar refractivity (Wildman–Crippen MR) is 121 cm³/mol. The Morgan fingerprint density at radius 3 is 2.83 bits per heavy atom. The zero-order valence-corrected chi connectivity index (χ0v) is 18.0. The molecule has 2 N–H and O–H groups in total. The Labute approximate surface area is 178 Å². The highest BCUT2D eigenvalue weighted by Crippen LogP contribution is 2.23. The van der Waals surface area contributed by atoms with Crippen LogP contribution in [0, 0.1) is 0 Å². The van der Waals surface area contributed by atoms with Crippen molar-refractivity contribution in [2.45, 2.75) is 46.1 Å². The van der Waals surface area contributed by atoms with Crippen molar-refractivity contribution in [2.75, 3.05) is 19.6 Å². The van der Waals surface area contributed by atoms with Gasteiger partial charge in [-0.2, -0.15) is 0 Å². The summed E-state index contributed by atoms with van der Waals surface area (Å²) in [5, 5.41) is 8.66. The Morgan fingerprint density at radius 1 is 1.30 bits per heavy atom. The van der Waals surface area contributed by atoms with Crippen LogP contribution in [0.4, 0.5) is 0 Å². The van der Waals surface area contributed by atoms with Crippen LogP contribution in [0.1, 0.15) is 44.5 Å². The van der Waals surface area contributed by atoms with Gasteiger partial charge in [0.05, 0.1) is 11.0 Å². The molecule has 1 aliphatic carbocycles. The number of nitrogens with zero attached hydrogens (tertiary/aromatic N) is 3. The van der Waals surface area contributed by atoms with Crippen LogP contribution in [0.5, 0.6) is 0 Å². The molecule has 0 atom stereocenters. The maximum Gasteiger partial charge on any atom is 0.267 e. The lowest BCUT2D eigenvalue weighted by Crippen LogP contribution is -2.27. The smallest absolute Gasteiger partial charge is 0.267 e. The van der Waals surface area contributed by atoms with Gasteiger partial charge in [0.15, 0.2) is 0 Å². The van der Waals surface area contributed by atoms with Gasteiger partial charge in [-0.05, 0) is 56.1 Å². The van der Waals surface area contributed by atoms with Crippen LogP contribution in [-0.2, 0) is 17.8 Å². The van der Waals surface area contributed by atoms with E-state index in [1.807, 2.05) is 12.1 Å². The summed E-state index contributed by atoms with van der Waals surface area (Å²) in [6.45, 7) is 8.38. The van der Waals surface area contributed by atoms with E-state index in [4.69, 9.17) is 10.2 Å². The molecule has 160 valence electrons. The molecular weight excluding hydrogens is 376 g/mol. The van der Waals surface area contributed by atoms with Crippen LogP contribution < -0.4 is 5.48 Å². The van der Waals surface area contributed by atoms with Crippen LogP contribution in [0.2, 0.25) is 0 Å². The second kappa shape index (κ2) is 10.9. The monoisotopic (exact) mass is 408 g/mol. The van der Waals surface area contributed by atoms with Gasteiger partial charge in [-0.3, -0.25) is 10.0 Å². The van der Waals surface area contributed by atoms with Crippen molar-refractivity contribution in [1.82, 2.24) is 19.9 Å². The molecule has 2 aromatic rings. The van der Waals surface area contributed by atoms with Crippen molar-refractivity contribution in [2.24, 2.45) is 0 Å². The highest BCUT2D eigenvalue weighted by atomic mass is 16.5. The third-order valence-corrected chi connectivity index (χ3v) is 5.69. The Kier molecular flexibility index (Phi) is 7.99. The number of fused-ring (bicyclic) bond motifs is 1. The van der Waals surface area contributed by atoms with Crippen molar-refractivity contribution in [3.8, 4) is 0 Å². The largest absolute Gasteiger partial charge is 0.327 e. The molecule has 0 unspecified atom stereocenters. The lowest BCUT2D eigenvalue weighted by atomic mass is 10.0. The summed E-state index contributed by atoms with van der Waals surface area (Å²) in [4.78, 5) is 18.6. The molecular formula is C24H32N4O2. The first-order valence-electron chi connectivity index (χ1n) is 10.8. The average molecular weight is 409 g/mol. The van der Waals surface area contributed by atoms with Gasteiger partial charge in [-0.1, -0.05) is 43.7 Å². The van der Waals surface area contributed by atoms with Gasteiger partial charge in [-0.15, -0.1) is 0 Å². The maximum atomic E-state index is 11.3. The minimum absolute atomic E-state index is 0.546. The lowest BCUT2D eigenvalue weighted by Gasteiger charge is -2.19. The van der Waals surface area contributed by atoms with E-state index in [0.29, 0.717) is 0 Å². The summed E-state index contributed by atoms with van der Waals surface area (Å²) in [5.41, 5.74) is 6.04. The number of amides is 1. The fourth-order valence-corrected chi connectivity index (χ4v) is 3.86. The molecule has 0 aliphatic heterocycles. The number of likely N-dealkylation sites (N-methyl/N-ethyl adjacent to an activating group) is 1. The molecule has 30 heavy (non-hydrogen) atoms. The number of hydroxylamine groups is 1. The summed E-state index contributed by atoms with van der Waals surface area (Å²) < 4.78 is 2.35. The van der Waals surface area contributed by atoms with Gasteiger partial charge in [0.2, 0.25) is 0 Å². The zero-order valence-electron chi connectivity index (χ0n) is 18.0. The number of hydrogen-bond acceptors (Lipinski definition) is 4. The number of imidazole rings is 1. The van der Waals surface area contributed by atoms with E-state index < -0.39 is 5.91 Å². The molecule has 1 aromatic carbocycles. The quantitative estimate of drug-likeness (QED) is 0.353. The molecule has 0 fully saturated rings. The molecule has 3 rings (SSSR count). The standard InChI is InChI=1S/C24H32N4O2/c1-3-27(4-2)16-17-28-22-13-10-20(12-15-24(29)26-30)18-21(22)25-23(28)14-11-19-8-6-5-7-9-19/h5-6,8,10,12-13,15,18,30H,3-4,7,9,11,14,16-17H2,1-2H3,(H,26,29)/b15-12+. The number of allylic oxidation sites excluding steroid dienone is 4. The Morgan fingerprint density at radius 2 is 2.13 bits per heavy atom. The summed E-state index contributed by atoms with van der Waals surface area (Å²) >= 11 is 0. The van der Waals surface area contributed by atoms with Crippen molar-refractivity contribution in [3.05, 3.63) is 59.5 Å². The minimum Gasteiger partial charge on any atom is -0.327 e. The molecule has 6 nitrogen and oxygen atoms in total. The summed E-state index contributed by atoms with van der Waals surface area (Å²) in [6.07, 6.45) is 13.8. The number of nitrogens with one attached hydrogen (secondary N) is 1. The third-order valence-electron chi connectivity index (χ3n) is 5.69. The van der Waals surface area contributed by atoms with E-state index in [-0.39, 0.29) is 0 Å². The molecule has 6 heteroatoms. The van der Waals surface area contributed by atoms with Gasteiger partial charge >= 0.3 is 0 Å². The molecule has 0 saturated carbocycles. The number of carbonyl (C=O) groups excluding carboxylic acids is 1. The zero-order chi connectivity index (χ0) is 21.3. The molecule has 0 spiro atoms. The highest BCUT2D eigenvalue weighted by molar-refractivity contribution is 5.91. The third kappa shape index (κ3) is 5.68. The number of hydrogen-bond donors (Lipinski definition) is 2. The summed E-state index contributed by atoms with van der Waals surface area (Å²) in [6, 6.07) is 6.06. The topological polar surface area (TPSA) is 70.4 Å². The van der Waals surface area contributed by atoms with Gasteiger partial charge in [0.1, 0.15) is 5.82 Å². The van der Waals surface area contributed by atoms with Crippen LogP contribution in [0.15, 0.2) is 48.1 Å². The van der Waals surface area contributed by atoms with E-state index in [9.17, 15) is 4.79 Å². The first kappa shape index (κ1) is 22.0. The summed E-state index contributed by atoms with van der Waals surface area (Å²) in [7, 11) is 0. The maximum absolute atomic E-state index is 11.3. The number of rotatable bonds is 10. The lowest BCUT2D eigenvalue weighted by molar-refractivity contribution is -0.124. The second-order valence-electron chi connectivity index (χ2n) is 7.56. The average Bonchev–Trinajstić information content (AvgIpc) is 3.14. The number of aryl methyl sites for hydroxylation is 1. The van der Waals surface area contributed by atoms with Gasteiger partial charge in [-0.25, -0.2) is 10.5 Å². The molecule has 0 bridgehead atoms. The Hall–Kier alpha value is -2.70. The van der Waals surface area contributed by atoms with Crippen molar-refractivity contribution in [1.29, 1.82) is 0 Å². The Balaban J connectivity index is 1.86. The SMILES string of the molecule is CCN(CC)CCn1c(CCC2=CC=CCC2)nc2cc(/C=C/C(=O)NO)ccc21. The number of benzene rings is 1. The molecule has 1 amide bonds. The first-order valence-corrected chi connectivity index (χ1v) is 10.8. The molecule has 1 heterocycles. The van der Waals surface area contributed by atoms with Crippen molar-refractivity contribution < 1.29 is 10.0 Å². The number of carbonyl (C=O) groups is 1. The Bertz CT molecular complexity index is 952. The van der Waals surface area contributed by atoms with E-state index in [0.717, 1.165) is 74.3 Å². The molecule has 1 aromatic heterocycles. The highest BCUT2D eigenvalue weighted by Gasteiger charge is 2.13. The van der Waals surface area contributed by atoms with Gasteiger partial charge in [0.25, 0.3) is 5.91 Å². The second-order valence-corrected chi connectivity index (χ2v) is 7.56. The van der Waals surface area contributed by atoms with Crippen LogP contribution in [0.3, 0.4) is 0 Å².